The van der Waals surface area contributed by atoms with Crippen molar-refractivity contribution in [3.63, 3.8) is 0 Å². The quantitative estimate of drug-likeness (QED) is 0.829. The highest BCUT2D eigenvalue weighted by Crippen LogP contribution is 2.21. The van der Waals surface area contributed by atoms with Gasteiger partial charge in [0.2, 0.25) is 0 Å². The van der Waals surface area contributed by atoms with Gasteiger partial charge in [-0.15, -0.1) is 0 Å². The van der Waals surface area contributed by atoms with E-state index in [1.54, 1.807) is 0 Å². The molecular formula is C17H27NO2. The predicted octanol–water partition coefficient (Wildman–Crippen LogP) is 3.38. The van der Waals surface area contributed by atoms with Gasteiger partial charge in [-0.1, -0.05) is 26.0 Å². The van der Waals surface area contributed by atoms with E-state index in [-0.39, 0.29) is 6.10 Å². The van der Waals surface area contributed by atoms with Crippen molar-refractivity contribution in [2.24, 2.45) is 5.92 Å². The molecule has 1 fully saturated rings. The van der Waals surface area contributed by atoms with Gasteiger partial charge in [-0.25, -0.2) is 0 Å². The molecule has 0 bridgehead atoms. The minimum Gasteiger partial charge on any atom is -0.491 e. The van der Waals surface area contributed by atoms with Crippen molar-refractivity contribution in [1.82, 2.24) is 5.32 Å². The van der Waals surface area contributed by atoms with E-state index in [4.69, 9.17) is 9.47 Å². The van der Waals surface area contributed by atoms with Crippen LogP contribution in [0.4, 0.5) is 0 Å². The number of rotatable bonds is 7. The number of hydrogen-bond donors (Lipinski definition) is 1. The second-order valence-corrected chi connectivity index (χ2v) is 6.13. The molecular weight excluding hydrogens is 250 g/mol. The van der Waals surface area contributed by atoms with Crippen molar-refractivity contribution in [2.75, 3.05) is 13.2 Å². The Morgan fingerprint density at radius 2 is 2.20 bits per heavy atom. The normalized spacial score (nSPS) is 22.4. The number of hydrogen-bond acceptors (Lipinski definition) is 3. The second-order valence-electron chi connectivity index (χ2n) is 6.13. The molecule has 0 amide bonds. The Balaban J connectivity index is 1.77. The van der Waals surface area contributed by atoms with E-state index in [0.717, 1.165) is 31.7 Å². The monoisotopic (exact) mass is 277 g/mol. The fourth-order valence-electron chi connectivity index (χ4n) is 2.45. The lowest BCUT2D eigenvalue weighted by molar-refractivity contribution is 0.0264. The van der Waals surface area contributed by atoms with Crippen LogP contribution in [0.5, 0.6) is 5.75 Å². The molecule has 0 aromatic heterocycles. The Morgan fingerprint density at radius 3 is 2.90 bits per heavy atom. The van der Waals surface area contributed by atoms with E-state index in [2.05, 4.69) is 44.3 Å². The molecule has 1 aliphatic heterocycles. The van der Waals surface area contributed by atoms with Crippen LogP contribution in [-0.2, 0) is 11.3 Å². The zero-order valence-electron chi connectivity index (χ0n) is 12.9. The van der Waals surface area contributed by atoms with Crippen molar-refractivity contribution >= 4 is 0 Å². The Labute approximate surface area is 122 Å². The topological polar surface area (TPSA) is 30.5 Å². The van der Waals surface area contributed by atoms with Crippen LogP contribution in [0.3, 0.4) is 0 Å². The highest BCUT2D eigenvalue weighted by molar-refractivity contribution is 5.28. The van der Waals surface area contributed by atoms with E-state index in [1.807, 2.05) is 6.07 Å². The zero-order valence-corrected chi connectivity index (χ0v) is 12.9. The number of nitrogens with one attached hydrogen (secondary N) is 1. The van der Waals surface area contributed by atoms with Gasteiger partial charge in [0.15, 0.2) is 0 Å². The molecule has 1 N–H and O–H groups in total. The van der Waals surface area contributed by atoms with E-state index in [1.165, 1.54) is 5.56 Å². The predicted molar refractivity (Wildman–Crippen MR) is 82.1 cm³/mol. The van der Waals surface area contributed by atoms with Crippen molar-refractivity contribution in [3.8, 4) is 5.75 Å². The van der Waals surface area contributed by atoms with Gasteiger partial charge in [0.05, 0.1) is 12.2 Å². The molecule has 1 heterocycles. The first-order chi connectivity index (χ1) is 9.63. The third-order valence-corrected chi connectivity index (χ3v) is 3.54. The van der Waals surface area contributed by atoms with Gasteiger partial charge < -0.3 is 14.8 Å². The van der Waals surface area contributed by atoms with Gasteiger partial charge in [0.1, 0.15) is 12.4 Å². The summed E-state index contributed by atoms with van der Waals surface area (Å²) >= 11 is 0. The molecule has 1 saturated heterocycles. The standard InChI is InChI=1S/C17H27NO2/c1-13(2)10-18-11-15-5-4-6-16(9-15)19-12-17-8-7-14(3)20-17/h4-6,9,13-14,17-18H,7-8,10-12H2,1-3H3. The van der Waals surface area contributed by atoms with E-state index >= 15 is 0 Å². The van der Waals surface area contributed by atoms with Gasteiger partial charge in [-0.05, 0) is 49.9 Å². The lowest BCUT2D eigenvalue weighted by Crippen LogP contribution is -2.19. The minimum atomic E-state index is 0.257. The van der Waals surface area contributed by atoms with Gasteiger partial charge in [0.25, 0.3) is 0 Å². The molecule has 0 spiro atoms. The minimum absolute atomic E-state index is 0.257. The molecule has 0 radical (unpaired) electrons. The Morgan fingerprint density at radius 1 is 1.35 bits per heavy atom. The lowest BCUT2D eigenvalue weighted by atomic mass is 10.2. The maximum atomic E-state index is 5.85. The average molecular weight is 277 g/mol. The summed E-state index contributed by atoms with van der Waals surface area (Å²) in [7, 11) is 0. The molecule has 0 aliphatic carbocycles. The van der Waals surface area contributed by atoms with Crippen LogP contribution in [-0.4, -0.2) is 25.4 Å². The van der Waals surface area contributed by atoms with Crippen LogP contribution in [0.1, 0.15) is 39.2 Å². The summed E-state index contributed by atoms with van der Waals surface area (Å²) in [6.07, 6.45) is 2.90. The molecule has 1 aliphatic rings. The first-order valence-corrected chi connectivity index (χ1v) is 7.71. The molecule has 0 saturated carbocycles. The molecule has 2 rings (SSSR count). The molecule has 2 atom stereocenters. The summed E-state index contributed by atoms with van der Waals surface area (Å²) in [6.45, 7) is 9.16. The second kappa shape index (κ2) is 7.65. The Hall–Kier alpha value is -1.06. The largest absolute Gasteiger partial charge is 0.491 e. The van der Waals surface area contributed by atoms with Crippen molar-refractivity contribution < 1.29 is 9.47 Å². The highest BCUT2D eigenvalue weighted by Gasteiger charge is 2.22. The van der Waals surface area contributed by atoms with Crippen LogP contribution < -0.4 is 10.1 Å². The summed E-state index contributed by atoms with van der Waals surface area (Å²) < 4.78 is 11.6. The fraction of sp³-hybridized carbons (Fsp3) is 0.647. The zero-order chi connectivity index (χ0) is 14.4. The van der Waals surface area contributed by atoms with Crippen LogP contribution in [0.25, 0.3) is 0 Å². The SMILES string of the molecule is CC(C)CNCc1cccc(OCC2CCC(C)O2)c1. The van der Waals surface area contributed by atoms with Crippen LogP contribution in [0.2, 0.25) is 0 Å². The first-order valence-electron chi connectivity index (χ1n) is 7.71. The van der Waals surface area contributed by atoms with Gasteiger partial charge in [0, 0.05) is 6.54 Å². The van der Waals surface area contributed by atoms with Crippen molar-refractivity contribution in [2.45, 2.75) is 52.4 Å². The van der Waals surface area contributed by atoms with E-state index < -0.39 is 0 Å². The maximum absolute atomic E-state index is 5.85. The van der Waals surface area contributed by atoms with Crippen LogP contribution >= 0.6 is 0 Å². The third kappa shape index (κ3) is 5.14. The molecule has 1 aromatic rings. The first kappa shape index (κ1) is 15.3. The average Bonchev–Trinajstić information content (AvgIpc) is 2.82. The van der Waals surface area contributed by atoms with E-state index in [9.17, 15) is 0 Å². The number of benzene rings is 1. The van der Waals surface area contributed by atoms with E-state index in [0.29, 0.717) is 18.6 Å². The summed E-state index contributed by atoms with van der Waals surface area (Å²) in [5.41, 5.74) is 1.27. The molecule has 112 valence electrons. The fourth-order valence-corrected chi connectivity index (χ4v) is 2.45. The Bertz CT molecular complexity index is 406. The molecule has 20 heavy (non-hydrogen) atoms. The van der Waals surface area contributed by atoms with Crippen LogP contribution in [0.15, 0.2) is 24.3 Å². The summed E-state index contributed by atoms with van der Waals surface area (Å²) in [4.78, 5) is 0. The molecule has 3 nitrogen and oxygen atoms in total. The summed E-state index contributed by atoms with van der Waals surface area (Å²) in [6, 6.07) is 8.32. The van der Waals surface area contributed by atoms with Gasteiger partial charge in [-0.3, -0.25) is 0 Å². The highest BCUT2D eigenvalue weighted by atomic mass is 16.5. The maximum Gasteiger partial charge on any atom is 0.119 e. The summed E-state index contributed by atoms with van der Waals surface area (Å²) in [5.74, 6) is 1.62. The Kier molecular flexibility index (Phi) is 5.86. The smallest absolute Gasteiger partial charge is 0.119 e. The summed E-state index contributed by atoms with van der Waals surface area (Å²) in [5, 5.41) is 3.45. The van der Waals surface area contributed by atoms with Crippen molar-refractivity contribution in [1.29, 1.82) is 0 Å². The molecule has 2 unspecified atom stereocenters. The number of ether oxygens (including phenoxy) is 2. The lowest BCUT2D eigenvalue weighted by Gasteiger charge is -2.13. The van der Waals surface area contributed by atoms with Gasteiger partial charge in [-0.2, -0.15) is 0 Å². The van der Waals surface area contributed by atoms with Gasteiger partial charge >= 0.3 is 0 Å². The third-order valence-electron chi connectivity index (χ3n) is 3.54. The van der Waals surface area contributed by atoms with Crippen molar-refractivity contribution in [3.05, 3.63) is 29.8 Å². The van der Waals surface area contributed by atoms with Crippen LogP contribution in [0, 0.1) is 5.92 Å². The molecule has 1 aromatic carbocycles. The molecule has 3 heteroatoms.